The number of benzene rings is 3. The normalized spacial score (nSPS) is 11.5. The van der Waals surface area contributed by atoms with Gasteiger partial charge in [0.05, 0.1) is 6.42 Å². The molecule has 3 rings (SSSR count). The van der Waals surface area contributed by atoms with Gasteiger partial charge in [-0.1, -0.05) is 72.8 Å². The Labute approximate surface area is 280 Å². The van der Waals surface area contributed by atoms with Gasteiger partial charge < -0.3 is 34.9 Å². The SMILES string of the molecule is CC(C)(C)N(CCC(=O)N[C@@H](CC(=O)OCc1ccccc1)C(=O)NCCc1ccc(OCC(=O)OCc2ccccc2)cc1)C(=O)O. The summed E-state index contributed by atoms with van der Waals surface area (Å²) in [7, 11) is 0. The molecule has 0 saturated carbocycles. The molecule has 0 unspecified atom stereocenters. The van der Waals surface area contributed by atoms with E-state index in [1.165, 1.54) is 0 Å². The summed E-state index contributed by atoms with van der Waals surface area (Å²) in [5, 5.41) is 14.8. The molecule has 3 amide bonds. The topological polar surface area (TPSA) is 161 Å². The van der Waals surface area contributed by atoms with Crippen molar-refractivity contribution in [1.29, 1.82) is 0 Å². The highest BCUT2D eigenvalue weighted by molar-refractivity contribution is 5.91. The number of esters is 2. The number of hydrogen-bond donors (Lipinski definition) is 3. The molecule has 0 aliphatic rings. The van der Waals surface area contributed by atoms with Gasteiger partial charge in [0.25, 0.3) is 0 Å². The number of carboxylic acid groups (broad SMARTS) is 1. The minimum Gasteiger partial charge on any atom is -0.482 e. The number of ether oxygens (including phenoxy) is 3. The van der Waals surface area contributed by atoms with Crippen LogP contribution in [0.5, 0.6) is 5.75 Å². The monoisotopic (exact) mass is 661 g/mol. The van der Waals surface area contributed by atoms with Gasteiger partial charge in [-0.3, -0.25) is 14.4 Å². The molecule has 3 aromatic carbocycles. The number of carbonyl (C=O) groups is 5. The van der Waals surface area contributed by atoms with E-state index >= 15 is 0 Å². The van der Waals surface area contributed by atoms with E-state index in [1.54, 1.807) is 57.2 Å². The molecule has 48 heavy (non-hydrogen) atoms. The molecule has 3 N–H and O–H groups in total. The number of nitrogens with zero attached hydrogens (tertiary/aromatic N) is 1. The summed E-state index contributed by atoms with van der Waals surface area (Å²) in [5.41, 5.74) is 1.78. The second-order valence-corrected chi connectivity index (χ2v) is 11.9. The van der Waals surface area contributed by atoms with Crippen molar-refractivity contribution in [2.45, 2.75) is 64.8 Å². The lowest BCUT2D eigenvalue weighted by Crippen LogP contribution is -2.50. The molecule has 0 radical (unpaired) electrons. The molecule has 0 fully saturated rings. The third kappa shape index (κ3) is 13.5. The third-order valence-corrected chi connectivity index (χ3v) is 7.10. The van der Waals surface area contributed by atoms with Crippen LogP contribution in [0.4, 0.5) is 4.79 Å². The van der Waals surface area contributed by atoms with Crippen LogP contribution in [-0.2, 0) is 48.3 Å². The predicted octanol–water partition coefficient (Wildman–Crippen LogP) is 4.25. The van der Waals surface area contributed by atoms with E-state index in [4.69, 9.17) is 14.2 Å². The van der Waals surface area contributed by atoms with Crippen molar-refractivity contribution < 1.29 is 43.3 Å². The predicted molar refractivity (Wildman–Crippen MR) is 177 cm³/mol. The first-order valence-electron chi connectivity index (χ1n) is 15.6. The van der Waals surface area contributed by atoms with Crippen molar-refractivity contribution in [2.24, 2.45) is 0 Å². The van der Waals surface area contributed by atoms with Crippen LogP contribution in [-0.4, -0.2) is 71.1 Å². The first kappa shape index (κ1) is 37.1. The first-order valence-corrected chi connectivity index (χ1v) is 15.6. The Balaban J connectivity index is 1.50. The molecule has 12 heteroatoms. The first-order chi connectivity index (χ1) is 22.9. The van der Waals surface area contributed by atoms with Crippen molar-refractivity contribution in [1.82, 2.24) is 15.5 Å². The highest BCUT2D eigenvalue weighted by atomic mass is 16.6. The average molecular weight is 662 g/mol. The zero-order valence-electron chi connectivity index (χ0n) is 27.5. The fraction of sp³-hybridized carbons (Fsp3) is 0.361. The van der Waals surface area contributed by atoms with Gasteiger partial charge in [0, 0.05) is 25.0 Å². The van der Waals surface area contributed by atoms with Crippen molar-refractivity contribution in [3.05, 3.63) is 102 Å². The number of hydrogen-bond acceptors (Lipinski definition) is 8. The maximum absolute atomic E-state index is 13.1. The molecule has 0 saturated heterocycles. The summed E-state index contributed by atoms with van der Waals surface area (Å²) in [6, 6.07) is 24.1. The Hall–Kier alpha value is -5.39. The lowest BCUT2D eigenvalue weighted by molar-refractivity contribution is -0.148. The van der Waals surface area contributed by atoms with Gasteiger partial charge in [0.2, 0.25) is 11.8 Å². The summed E-state index contributed by atoms with van der Waals surface area (Å²) in [6.45, 7) is 5.17. The fourth-order valence-corrected chi connectivity index (χ4v) is 4.50. The molecule has 0 heterocycles. The van der Waals surface area contributed by atoms with Gasteiger partial charge in [-0.2, -0.15) is 0 Å². The van der Waals surface area contributed by atoms with E-state index < -0.39 is 47.8 Å². The molecule has 0 aliphatic heterocycles. The summed E-state index contributed by atoms with van der Waals surface area (Å²) in [5.74, 6) is -1.87. The van der Waals surface area contributed by atoms with Gasteiger partial charge in [0.15, 0.2) is 6.61 Å². The Morgan fingerprint density at radius 2 is 1.33 bits per heavy atom. The minimum absolute atomic E-state index is 0.00962. The molecule has 12 nitrogen and oxygen atoms in total. The molecular weight excluding hydrogens is 618 g/mol. The summed E-state index contributed by atoms with van der Waals surface area (Å²) >= 11 is 0. The highest BCUT2D eigenvalue weighted by Gasteiger charge is 2.28. The largest absolute Gasteiger partial charge is 0.482 e. The molecule has 0 aromatic heterocycles. The Kier molecular flexibility index (Phi) is 14.4. The number of nitrogens with one attached hydrogen (secondary N) is 2. The van der Waals surface area contributed by atoms with E-state index in [-0.39, 0.29) is 39.3 Å². The van der Waals surface area contributed by atoms with Crippen molar-refractivity contribution >= 4 is 29.8 Å². The Morgan fingerprint density at radius 1 is 0.771 bits per heavy atom. The van der Waals surface area contributed by atoms with Crippen molar-refractivity contribution in [2.75, 3.05) is 19.7 Å². The number of amides is 3. The van der Waals surface area contributed by atoms with E-state index in [0.29, 0.717) is 12.2 Å². The van der Waals surface area contributed by atoms with Crippen LogP contribution in [0.1, 0.15) is 50.3 Å². The summed E-state index contributed by atoms with van der Waals surface area (Å²) < 4.78 is 16.0. The van der Waals surface area contributed by atoms with Crippen LogP contribution < -0.4 is 15.4 Å². The zero-order chi connectivity index (χ0) is 34.9. The lowest BCUT2D eigenvalue weighted by atomic mass is 10.1. The van der Waals surface area contributed by atoms with E-state index in [2.05, 4.69) is 10.6 Å². The molecule has 3 aromatic rings. The second kappa shape index (κ2) is 18.7. The number of carbonyl (C=O) groups excluding carboxylic acids is 4. The molecule has 0 bridgehead atoms. The van der Waals surface area contributed by atoms with Crippen LogP contribution in [0.3, 0.4) is 0 Å². The smallest absolute Gasteiger partial charge is 0.407 e. The van der Waals surface area contributed by atoms with Crippen molar-refractivity contribution in [3.63, 3.8) is 0 Å². The molecular formula is C36H43N3O9. The standard InChI is InChI=1S/C36H43N3O9/c1-36(2,3)39(35(44)45)21-19-31(40)38-30(22-32(41)47-23-27-10-6-4-7-11-27)34(43)37-20-18-26-14-16-29(17-15-26)46-25-33(42)48-24-28-12-8-5-9-13-28/h4-17,30H,18-25H2,1-3H3,(H,37,43)(H,38,40)(H,44,45)/t30-/m0/s1. The van der Waals surface area contributed by atoms with Gasteiger partial charge in [-0.05, 0) is 56.0 Å². The molecule has 0 spiro atoms. The van der Waals surface area contributed by atoms with Crippen LogP contribution in [0.25, 0.3) is 0 Å². The maximum atomic E-state index is 13.1. The van der Waals surface area contributed by atoms with Crippen LogP contribution >= 0.6 is 0 Å². The highest BCUT2D eigenvalue weighted by Crippen LogP contribution is 2.15. The van der Waals surface area contributed by atoms with Crippen molar-refractivity contribution in [3.8, 4) is 5.75 Å². The Bertz CT molecular complexity index is 1490. The summed E-state index contributed by atoms with van der Waals surface area (Å²) in [6.07, 6.45) is -1.35. The average Bonchev–Trinajstić information content (AvgIpc) is 3.06. The van der Waals surface area contributed by atoms with Crippen LogP contribution in [0.15, 0.2) is 84.9 Å². The lowest BCUT2D eigenvalue weighted by Gasteiger charge is -2.33. The van der Waals surface area contributed by atoms with Gasteiger partial charge in [0.1, 0.15) is 25.0 Å². The third-order valence-electron chi connectivity index (χ3n) is 7.10. The molecule has 256 valence electrons. The van der Waals surface area contributed by atoms with Crippen LogP contribution in [0.2, 0.25) is 0 Å². The molecule has 0 aliphatic carbocycles. The summed E-state index contributed by atoms with van der Waals surface area (Å²) in [4.78, 5) is 63.4. The second-order valence-electron chi connectivity index (χ2n) is 11.9. The van der Waals surface area contributed by atoms with Gasteiger partial charge >= 0.3 is 18.0 Å². The Morgan fingerprint density at radius 3 is 1.88 bits per heavy atom. The van der Waals surface area contributed by atoms with Crippen LogP contribution in [0, 0.1) is 0 Å². The van der Waals surface area contributed by atoms with E-state index in [9.17, 15) is 29.1 Å². The maximum Gasteiger partial charge on any atom is 0.407 e. The van der Waals surface area contributed by atoms with Gasteiger partial charge in [-0.25, -0.2) is 9.59 Å². The number of rotatable bonds is 17. The van der Waals surface area contributed by atoms with Gasteiger partial charge in [-0.15, -0.1) is 0 Å². The quantitative estimate of drug-likeness (QED) is 0.180. The minimum atomic E-state index is -1.23. The molecule has 1 atom stereocenters. The van der Waals surface area contributed by atoms with E-state index in [1.807, 2.05) is 48.5 Å². The van der Waals surface area contributed by atoms with E-state index in [0.717, 1.165) is 21.6 Å². The fourth-order valence-electron chi connectivity index (χ4n) is 4.50. The zero-order valence-corrected chi connectivity index (χ0v) is 27.5.